The van der Waals surface area contributed by atoms with Crippen molar-refractivity contribution in [3.8, 4) is 0 Å². The fourth-order valence-electron chi connectivity index (χ4n) is 4.21. The van der Waals surface area contributed by atoms with Gasteiger partial charge in [0.05, 0.1) is 21.6 Å². The molecule has 0 aliphatic carbocycles. The van der Waals surface area contributed by atoms with Gasteiger partial charge < -0.3 is 37.5 Å². The van der Waals surface area contributed by atoms with Gasteiger partial charge in [0.1, 0.15) is 6.61 Å². The van der Waals surface area contributed by atoms with Crippen molar-refractivity contribution in [3.63, 3.8) is 0 Å². The number of amides is 2. The maximum Gasteiger partial charge on any atom is 0.248 e. The highest BCUT2D eigenvalue weighted by Crippen LogP contribution is 2.40. The number of primary amides is 1. The maximum absolute atomic E-state index is 12.0. The number of H-pyrrole nitrogens is 1. The average molecular weight is 527 g/mol. The molecule has 35 heavy (non-hydrogen) atoms. The first-order valence-corrected chi connectivity index (χ1v) is 12.6. The Morgan fingerprint density at radius 1 is 1.26 bits per heavy atom. The summed E-state index contributed by atoms with van der Waals surface area (Å²) in [4.78, 5) is 25.7. The number of nitrogens with one attached hydrogen (secondary N) is 2. The first-order chi connectivity index (χ1) is 16.9. The smallest absolute Gasteiger partial charge is 0.248 e. The topological polar surface area (TPSA) is 163 Å². The molecule has 9 N–H and O–H groups in total. The Kier molecular flexibility index (Phi) is 12.4. The third-order valence-electron chi connectivity index (χ3n) is 5.97. The van der Waals surface area contributed by atoms with Crippen LogP contribution in [0.4, 0.5) is 0 Å². The van der Waals surface area contributed by atoms with Gasteiger partial charge in [-0.2, -0.15) is 0 Å². The van der Waals surface area contributed by atoms with Gasteiger partial charge in [0.15, 0.2) is 0 Å². The zero-order valence-electron chi connectivity index (χ0n) is 19.9. The van der Waals surface area contributed by atoms with Crippen LogP contribution in [0.5, 0.6) is 0 Å². The van der Waals surface area contributed by atoms with Gasteiger partial charge in [-0.1, -0.05) is 42.5 Å². The molecular formula is C24H36Cl2N6O3. The molecule has 1 unspecified atom stereocenters. The van der Waals surface area contributed by atoms with Crippen molar-refractivity contribution in [3.05, 3.63) is 45.2 Å². The number of halogens is 2. The lowest BCUT2D eigenvalue weighted by Gasteiger charge is -2.27. The first-order valence-electron chi connectivity index (χ1n) is 11.8. The van der Waals surface area contributed by atoms with Gasteiger partial charge in [-0.05, 0) is 43.3 Å². The largest absolute Gasteiger partial charge is 0.391 e. The van der Waals surface area contributed by atoms with Crippen molar-refractivity contribution in [1.82, 2.24) is 15.2 Å². The lowest BCUT2D eigenvalue weighted by molar-refractivity contribution is -0.135. The quantitative estimate of drug-likeness (QED) is 0.194. The standard InChI is InChI=1S/C23H33Cl2N5O2.CH3NO/c24-17-12-15(18(27)6-10-28-9-5-3-1-2-4-8-26)21-16-13-30(20(32)14-31)11-7-19(16)29-23(21)22(17)25;2-1-3/h6,10,12,18,28-29,31H,1-5,7-9,11,13-14,26-27H2;1H,(H2,2,3)/b10-6-;. The molecule has 0 bridgehead atoms. The van der Waals surface area contributed by atoms with E-state index in [2.05, 4.69) is 16.0 Å². The van der Waals surface area contributed by atoms with Crippen molar-refractivity contribution < 1.29 is 14.7 Å². The van der Waals surface area contributed by atoms with Crippen LogP contribution in [0, 0.1) is 0 Å². The second-order valence-electron chi connectivity index (χ2n) is 8.35. The van der Waals surface area contributed by atoms with Crippen LogP contribution in [0.25, 0.3) is 10.9 Å². The van der Waals surface area contributed by atoms with E-state index in [1.54, 1.807) is 11.0 Å². The lowest BCUT2D eigenvalue weighted by Crippen LogP contribution is -2.37. The molecule has 0 saturated carbocycles. The summed E-state index contributed by atoms with van der Waals surface area (Å²) in [5, 5.41) is 14.3. The van der Waals surface area contributed by atoms with E-state index in [-0.39, 0.29) is 12.3 Å². The number of benzene rings is 1. The van der Waals surface area contributed by atoms with Gasteiger partial charge >= 0.3 is 0 Å². The Bertz CT molecular complexity index is 1010. The molecule has 0 spiro atoms. The summed E-state index contributed by atoms with van der Waals surface area (Å²) in [6, 6.07) is 1.41. The fourth-order valence-corrected chi connectivity index (χ4v) is 4.61. The third kappa shape index (κ3) is 7.85. The molecule has 1 aromatic heterocycles. The molecule has 2 aromatic rings. The molecule has 0 saturated heterocycles. The van der Waals surface area contributed by atoms with Crippen LogP contribution in [0.1, 0.15) is 55.0 Å². The number of fused-ring (bicyclic) bond motifs is 3. The molecule has 1 atom stereocenters. The molecule has 0 fully saturated rings. The highest BCUT2D eigenvalue weighted by molar-refractivity contribution is 6.45. The molecule has 1 aliphatic rings. The zero-order chi connectivity index (χ0) is 25.8. The number of aliphatic hydroxyl groups is 1. The number of rotatable bonds is 11. The minimum Gasteiger partial charge on any atom is -0.391 e. The first kappa shape index (κ1) is 28.9. The second-order valence-corrected chi connectivity index (χ2v) is 9.13. The Morgan fingerprint density at radius 2 is 1.94 bits per heavy atom. The highest BCUT2D eigenvalue weighted by atomic mass is 35.5. The highest BCUT2D eigenvalue weighted by Gasteiger charge is 2.27. The van der Waals surface area contributed by atoms with Crippen LogP contribution in [0.15, 0.2) is 18.3 Å². The molecule has 2 amide bonds. The van der Waals surface area contributed by atoms with E-state index in [1.807, 2.05) is 12.3 Å². The van der Waals surface area contributed by atoms with Crippen LogP contribution < -0.4 is 22.5 Å². The fraction of sp³-hybridized carbons (Fsp3) is 0.500. The summed E-state index contributed by atoms with van der Waals surface area (Å²) >= 11 is 12.9. The molecule has 194 valence electrons. The molecule has 2 heterocycles. The number of nitrogens with two attached hydrogens (primary N) is 3. The molecule has 1 aliphatic heterocycles. The van der Waals surface area contributed by atoms with Gasteiger partial charge in [-0.15, -0.1) is 0 Å². The number of carbonyl (C=O) groups excluding carboxylic acids is 2. The SMILES string of the molecule is NC=O.NCCCCCCCN/C=C\C(N)c1cc(Cl)c(Cl)c2[nH]c3c(c12)CN(C(=O)CO)CC3. The van der Waals surface area contributed by atoms with Crippen molar-refractivity contribution in [1.29, 1.82) is 0 Å². The summed E-state index contributed by atoms with van der Waals surface area (Å²) in [5.74, 6) is -0.289. The Morgan fingerprint density at radius 3 is 2.63 bits per heavy atom. The number of nitrogens with zero attached hydrogens (tertiary/aromatic N) is 1. The summed E-state index contributed by atoms with van der Waals surface area (Å²) < 4.78 is 0. The molecule has 1 aromatic carbocycles. The maximum atomic E-state index is 12.0. The van der Waals surface area contributed by atoms with E-state index < -0.39 is 12.6 Å². The monoisotopic (exact) mass is 526 g/mol. The number of hydrogen-bond acceptors (Lipinski definition) is 6. The van der Waals surface area contributed by atoms with Gasteiger partial charge in [-0.25, -0.2) is 0 Å². The van der Waals surface area contributed by atoms with E-state index in [1.165, 1.54) is 19.3 Å². The molecule has 9 nitrogen and oxygen atoms in total. The van der Waals surface area contributed by atoms with Crippen molar-refractivity contribution in [2.45, 2.75) is 51.1 Å². The number of aromatic amines is 1. The third-order valence-corrected chi connectivity index (χ3v) is 6.75. The minimum absolute atomic E-state index is 0.250. The Hall–Kier alpha value is -2.30. The minimum atomic E-state index is -0.502. The number of aromatic nitrogens is 1. The van der Waals surface area contributed by atoms with Crippen LogP contribution in [0.3, 0.4) is 0 Å². The number of carbonyl (C=O) groups is 2. The Balaban J connectivity index is 0.00000137. The van der Waals surface area contributed by atoms with E-state index in [0.717, 1.165) is 53.7 Å². The van der Waals surface area contributed by atoms with Crippen molar-refractivity contribution in [2.75, 3.05) is 26.2 Å². The van der Waals surface area contributed by atoms with Crippen molar-refractivity contribution in [2.24, 2.45) is 17.2 Å². The number of hydrogen-bond donors (Lipinski definition) is 6. The second kappa shape index (κ2) is 15.0. The predicted octanol–water partition coefficient (Wildman–Crippen LogP) is 2.47. The molecular weight excluding hydrogens is 491 g/mol. The van der Waals surface area contributed by atoms with E-state index in [9.17, 15) is 9.90 Å². The van der Waals surface area contributed by atoms with E-state index in [0.29, 0.717) is 29.6 Å². The van der Waals surface area contributed by atoms with Gasteiger partial charge in [0, 0.05) is 42.7 Å². The summed E-state index contributed by atoms with van der Waals surface area (Å²) in [6.07, 6.45) is 10.5. The summed E-state index contributed by atoms with van der Waals surface area (Å²) in [5.41, 5.74) is 19.8. The number of unbranched alkanes of at least 4 members (excludes halogenated alkanes) is 4. The Labute approximate surface area is 216 Å². The van der Waals surface area contributed by atoms with E-state index in [4.69, 9.17) is 39.5 Å². The summed E-state index contributed by atoms with van der Waals surface area (Å²) in [7, 11) is 0. The average Bonchev–Trinajstić information content (AvgIpc) is 3.24. The molecule has 3 rings (SSSR count). The molecule has 11 heteroatoms. The number of aliphatic hydroxyl groups excluding tert-OH is 1. The predicted molar refractivity (Wildman–Crippen MR) is 141 cm³/mol. The van der Waals surface area contributed by atoms with E-state index >= 15 is 0 Å². The van der Waals surface area contributed by atoms with Crippen LogP contribution in [-0.4, -0.2) is 53.5 Å². The lowest BCUT2D eigenvalue weighted by atomic mass is 9.96. The van der Waals surface area contributed by atoms with Gasteiger partial charge in [0.25, 0.3) is 0 Å². The van der Waals surface area contributed by atoms with Crippen LogP contribution in [0.2, 0.25) is 10.0 Å². The van der Waals surface area contributed by atoms with Gasteiger partial charge in [0.2, 0.25) is 12.3 Å². The van der Waals surface area contributed by atoms with Crippen LogP contribution in [-0.2, 0) is 22.6 Å². The molecule has 0 radical (unpaired) electrons. The van der Waals surface area contributed by atoms with Gasteiger partial charge in [-0.3, -0.25) is 9.59 Å². The zero-order valence-corrected chi connectivity index (χ0v) is 21.4. The summed E-state index contributed by atoms with van der Waals surface area (Å²) in [6.45, 7) is 2.10. The normalized spacial score (nSPS) is 13.9. The van der Waals surface area contributed by atoms with Crippen molar-refractivity contribution >= 4 is 46.4 Å². The van der Waals surface area contributed by atoms with Crippen LogP contribution >= 0.6 is 23.2 Å².